The second-order valence-corrected chi connectivity index (χ2v) is 15.8. The Labute approximate surface area is 348 Å². The zero-order chi connectivity index (χ0) is 41.4. The third kappa shape index (κ3) is 30.8. The molecule has 4 N–H and O–H groups in total. The molecule has 0 radical (unpaired) electrons. The minimum absolute atomic E-state index is 0.122. The molecule has 0 spiro atoms. The lowest BCUT2D eigenvalue weighted by Crippen LogP contribution is -2.59. The first-order valence-corrected chi connectivity index (χ1v) is 23.2. The molecule has 6 unspecified atom stereocenters. The molecule has 57 heavy (non-hydrogen) atoms. The summed E-state index contributed by atoms with van der Waals surface area (Å²) in [5.74, 6) is -0.327. The second kappa shape index (κ2) is 39.6. The van der Waals surface area contributed by atoms with Crippen molar-refractivity contribution in [3.05, 3.63) is 48.6 Å². The summed E-state index contributed by atoms with van der Waals surface area (Å²) in [6.45, 7) is 4.49. The lowest BCUT2D eigenvalue weighted by Gasteiger charge is -2.39. The fourth-order valence-corrected chi connectivity index (χ4v) is 6.79. The summed E-state index contributed by atoms with van der Waals surface area (Å²) in [5, 5.41) is 40.1. The van der Waals surface area contributed by atoms with Gasteiger partial charge < -0.3 is 39.4 Å². The molecular weight excluding hydrogens is 721 g/mol. The van der Waals surface area contributed by atoms with Gasteiger partial charge in [0.1, 0.15) is 30.5 Å². The average Bonchev–Trinajstić information content (AvgIpc) is 3.21. The van der Waals surface area contributed by atoms with Crippen molar-refractivity contribution in [2.45, 2.75) is 224 Å². The highest BCUT2D eigenvalue weighted by Crippen LogP contribution is 2.22. The van der Waals surface area contributed by atoms with Crippen LogP contribution in [0.25, 0.3) is 0 Å². The van der Waals surface area contributed by atoms with E-state index < -0.39 is 43.4 Å². The van der Waals surface area contributed by atoms with Gasteiger partial charge in [-0.3, -0.25) is 4.79 Å². The van der Waals surface area contributed by atoms with E-state index >= 15 is 0 Å². The summed E-state index contributed by atoms with van der Waals surface area (Å²) in [4.78, 5) is 12.8. The van der Waals surface area contributed by atoms with E-state index in [-0.39, 0.29) is 19.2 Å². The zero-order valence-corrected chi connectivity index (χ0v) is 36.3. The van der Waals surface area contributed by atoms with Crippen LogP contribution in [0.1, 0.15) is 187 Å². The van der Waals surface area contributed by atoms with Gasteiger partial charge in [-0.15, -0.1) is 0 Å². The van der Waals surface area contributed by atoms with Gasteiger partial charge in [0, 0.05) is 13.0 Å². The van der Waals surface area contributed by atoms with Crippen molar-refractivity contribution in [1.82, 2.24) is 0 Å². The van der Waals surface area contributed by atoms with Crippen LogP contribution >= 0.6 is 0 Å². The predicted octanol–water partition coefficient (Wildman–Crippen LogP) is 10.5. The Bertz CT molecular complexity index is 1010. The molecule has 1 saturated heterocycles. The fraction of sp³-hybridized carbons (Fsp3) is 0.812. The fourth-order valence-electron chi connectivity index (χ4n) is 6.79. The number of aliphatic hydroxyl groups is 4. The predicted molar refractivity (Wildman–Crippen MR) is 233 cm³/mol. The van der Waals surface area contributed by atoms with Gasteiger partial charge in [0.15, 0.2) is 6.29 Å². The Morgan fingerprint density at radius 2 is 1.02 bits per heavy atom. The van der Waals surface area contributed by atoms with Gasteiger partial charge in [-0.25, -0.2) is 0 Å². The van der Waals surface area contributed by atoms with Crippen LogP contribution in [0.15, 0.2) is 48.6 Å². The molecule has 0 aromatic heterocycles. The Hall–Kier alpha value is -1.85. The molecule has 9 heteroatoms. The minimum Gasteiger partial charge on any atom is -0.457 e. The number of hydrogen-bond acceptors (Lipinski definition) is 9. The largest absolute Gasteiger partial charge is 0.457 e. The van der Waals surface area contributed by atoms with Crippen molar-refractivity contribution in [1.29, 1.82) is 0 Å². The zero-order valence-electron chi connectivity index (χ0n) is 36.3. The van der Waals surface area contributed by atoms with E-state index in [2.05, 4.69) is 62.5 Å². The van der Waals surface area contributed by atoms with Crippen LogP contribution in [0, 0.1) is 0 Å². The van der Waals surface area contributed by atoms with Gasteiger partial charge in [-0.1, -0.05) is 152 Å². The van der Waals surface area contributed by atoms with Gasteiger partial charge in [0.2, 0.25) is 0 Å². The molecule has 1 rings (SSSR count). The normalized spacial score (nSPS) is 20.8. The van der Waals surface area contributed by atoms with Crippen LogP contribution < -0.4 is 0 Å². The SMILES string of the molecule is CCCCC/C=C\C/C=C\C/C=C\CCCCCCCCCOCC(COC1OC(CO)C(O)C(O)C1O)OC(=O)CCCCCCC/C=C\CCCCCCC. The monoisotopic (exact) mass is 807 g/mol. The number of aliphatic hydroxyl groups excluding tert-OH is 4. The van der Waals surface area contributed by atoms with Gasteiger partial charge >= 0.3 is 5.97 Å². The first-order chi connectivity index (χ1) is 27.9. The van der Waals surface area contributed by atoms with E-state index in [0.717, 1.165) is 70.6 Å². The molecule has 0 amide bonds. The number of carbonyl (C=O) groups excluding carboxylic acids is 1. The highest BCUT2D eigenvalue weighted by Gasteiger charge is 2.44. The Kier molecular flexibility index (Phi) is 36.9. The number of allylic oxidation sites excluding steroid dienone is 8. The summed E-state index contributed by atoms with van der Waals surface area (Å²) >= 11 is 0. The topological polar surface area (TPSA) is 135 Å². The Balaban J connectivity index is 2.26. The van der Waals surface area contributed by atoms with E-state index in [0.29, 0.717) is 13.0 Å². The van der Waals surface area contributed by atoms with Crippen molar-refractivity contribution in [3.8, 4) is 0 Å². The highest BCUT2D eigenvalue weighted by molar-refractivity contribution is 5.69. The summed E-state index contributed by atoms with van der Waals surface area (Å²) in [6.07, 6.45) is 41.3. The average molecular weight is 807 g/mol. The molecule has 6 atom stereocenters. The second-order valence-electron chi connectivity index (χ2n) is 15.8. The molecule has 1 aliphatic rings. The summed E-state index contributed by atoms with van der Waals surface area (Å²) < 4.78 is 22.8. The molecule has 1 fully saturated rings. The number of carbonyl (C=O) groups is 1. The van der Waals surface area contributed by atoms with E-state index in [1.165, 1.54) is 96.3 Å². The van der Waals surface area contributed by atoms with Crippen molar-refractivity contribution in [2.24, 2.45) is 0 Å². The Morgan fingerprint density at radius 3 is 1.58 bits per heavy atom. The van der Waals surface area contributed by atoms with Crippen molar-refractivity contribution in [3.63, 3.8) is 0 Å². The maximum atomic E-state index is 12.8. The first-order valence-electron chi connectivity index (χ1n) is 23.2. The summed E-state index contributed by atoms with van der Waals surface area (Å²) in [7, 11) is 0. The minimum atomic E-state index is -1.54. The molecule has 0 aromatic carbocycles. The van der Waals surface area contributed by atoms with Crippen LogP contribution in [0.3, 0.4) is 0 Å². The molecule has 332 valence electrons. The number of esters is 1. The lowest BCUT2D eigenvalue weighted by molar-refractivity contribution is -0.305. The van der Waals surface area contributed by atoms with Gasteiger partial charge in [-0.05, 0) is 77.0 Å². The Morgan fingerprint density at radius 1 is 0.561 bits per heavy atom. The summed E-state index contributed by atoms with van der Waals surface area (Å²) in [6, 6.07) is 0. The summed E-state index contributed by atoms with van der Waals surface area (Å²) in [5.41, 5.74) is 0. The van der Waals surface area contributed by atoms with Gasteiger partial charge in [-0.2, -0.15) is 0 Å². The smallest absolute Gasteiger partial charge is 0.306 e. The molecule has 9 nitrogen and oxygen atoms in total. The van der Waals surface area contributed by atoms with Crippen molar-refractivity contribution < 1.29 is 44.2 Å². The first kappa shape index (κ1) is 53.2. The molecule has 0 aliphatic carbocycles. The van der Waals surface area contributed by atoms with Crippen molar-refractivity contribution in [2.75, 3.05) is 26.4 Å². The van der Waals surface area contributed by atoms with Gasteiger partial charge in [0.25, 0.3) is 0 Å². The molecule has 1 aliphatic heterocycles. The van der Waals surface area contributed by atoms with Crippen LogP contribution in [-0.4, -0.2) is 89.6 Å². The van der Waals surface area contributed by atoms with Crippen LogP contribution in [-0.2, 0) is 23.7 Å². The molecular formula is C48H86O9. The number of rotatable bonds is 39. The lowest BCUT2D eigenvalue weighted by atomic mass is 9.99. The van der Waals surface area contributed by atoms with Crippen LogP contribution in [0.2, 0.25) is 0 Å². The molecule has 0 bridgehead atoms. The number of hydrogen-bond donors (Lipinski definition) is 4. The maximum absolute atomic E-state index is 12.8. The molecule has 1 heterocycles. The maximum Gasteiger partial charge on any atom is 0.306 e. The van der Waals surface area contributed by atoms with E-state index in [1.54, 1.807) is 0 Å². The third-order valence-electron chi connectivity index (χ3n) is 10.5. The number of ether oxygens (including phenoxy) is 4. The highest BCUT2D eigenvalue weighted by atomic mass is 16.7. The molecule has 0 saturated carbocycles. The van der Waals surface area contributed by atoms with Crippen LogP contribution in [0.5, 0.6) is 0 Å². The molecule has 0 aromatic rings. The standard InChI is InChI=1S/C48H86O9/c1-3-5-7-9-11-13-15-17-19-20-21-22-23-24-26-28-30-32-34-36-38-54-40-42(41-55-48-47(53)46(52)45(51)43(39-49)57-48)56-44(50)37-35-33-31-29-27-25-18-16-14-12-10-8-6-4-2/h11,13,16-19,21-22,42-43,45-49,51-53H,3-10,12,14-15,20,23-41H2,1-2H3/b13-11-,18-16-,19-17-,22-21-. The van der Waals surface area contributed by atoms with Crippen molar-refractivity contribution >= 4 is 5.97 Å². The van der Waals surface area contributed by atoms with E-state index in [1.807, 2.05) is 0 Å². The quantitative estimate of drug-likeness (QED) is 0.0272. The van der Waals surface area contributed by atoms with Crippen LogP contribution in [0.4, 0.5) is 0 Å². The van der Waals surface area contributed by atoms with E-state index in [9.17, 15) is 25.2 Å². The van der Waals surface area contributed by atoms with E-state index in [4.69, 9.17) is 18.9 Å². The third-order valence-corrected chi connectivity index (χ3v) is 10.5. The van der Waals surface area contributed by atoms with Gasteiger partial charge in [0.05, 0.1) is 19.8 Å². The number of unbranched alkanes of at least 4 members (excludes halogenated alkanes) is 20.